The number of rotatable bonds is 8. The topological polar surface area (TPSA) is 139 Å². The van der Waals surface area contributed by atoms with Crippen LogP contribution in [0.3, 0.4) is 0 Å². The second-order valence-electron chi connectivity index (χ2n) is 9.10. The Bertz CT molecular complexity index is 1540. The molecular formula is C29H29FN4O6. The smallest absolute Gasteiger partial charge is 0.326 e. The average molecular weight is 549 g/mol. The van der Waals surface area contributed by atoms with Crippen molar-refractivity contribution in [2.24, 2.45) is 0 Å². The number of carbonyl (C=O) groups is 4. The number of aromatic nitrogens is 1. The van der Waals surface area contributed by atoms with Crippen molar-refractivity contribution in [1.82, 2.24) is 10.3 Å². The summed E-state index contributed by atoms with van der Waals surface area (Å²) in [6.07, 6.45) is 2.53. The van der Waals surface area contributed by atoms with Crippen LogP contribution in [0.25, 0.3) is 11.6 Å². The molecule has 208 valence electrons. The number of aromatic amines is 1. The van der Waals surface area contributed by atoms with Gasteiger partial charge in [-0.05, 0) is 68.7 Å². The van der Waals surface area contributed by atoms with Gasteiger partial charge in [0.2, 0.25) is 0 Å². The van der Waals surface area contributed by atoms with Crippen LogP contribution < -0.4 is 20.7 Å². The molecule has 2 aromatic carbocycles. The van der Waals surface area contributed by atoms with Crippen LogP contribution in [0.5, 0.6) is 5.75 Å². The molecular weight excluding hydrogens is 519 g/mol. The first-order chi connectivity index (χ1) is 19.1. The fraction of sp³-hybridized carbons (Fsp3) is 0.241. The molecule has 0 aliphatic carbocycles. The Hall–Kier alpha value is -4.93. The van der Waals surface area contributed by atoms with Gasteiger partial charge in [0.05, 0.1) is 30.5 Å². The van der Waals surface area contributed by atoms with Crippen molar-refractivity contribution in [3.63, 3.8) is 0 Å². The van der Waals surface area contributed by atoms with E-state index in [0.717, 1.165) is 28.6 Å². The molecule has 0 saturated heterocycles. The Labute approximate surface area is 229 Å². The fourth-order valence-electron chi connectivity index (χ4n) is 4.49. The molecule has 40 heavy (non-hydrogen) atoms. The number of carbonyl (C=O) groups excluding carboxylic acids is 4. The molecule has 0 radical (unpaired) electrons. The fourth-order valence-corrected chi connectivity index (χ4v) is 4.49. The Kier molecular flexibility index (Phi) is 8.32. The molecule has 1 aliphatic heterocycles. The van der Waals surface area contributed by atoms with E-state index < -0.39 is 17.8 Å². The first-order valence-electron chi connectivity index (χ1n) is 12.6. The van der Waals surface area contributed by atoms with Gasteiger partial charge in [-0.15, -0.1) is 0 Å². The van der Waals surface area contributed by atoms with Gasteiger partial charge < -0.3 is 25.1 Å². The largest absolute Gasteiger partial charge is 0.497 e. The molecule has 1 aromatic heterocycles. The molecule has 0 unspecified atom stereocenters. The van der Waals surface area contributed by atoms with Gasteiger partial charge in [0.1, 0.15) is 11.6 Å². The van der Waals surface area contributed by atoms with Crippen molar-refractivity contribution >= 4 is 46.8 Å². The summed E-state index contributed by atoms with van der Waals surface area (Å²) in [6.45, 7) is 5.93. The number of methoxy groups -OCH3 is 1. The second kappa shape index (κ2) is 11.9. The maximum Gasteiger partial charge on any atom is 0.326 e. The predicted molar refractivity (Wildman–Crippen MR) is 148 cm³/mol. The number of imide groups is 1. The van der Waals surface area contributed by atoms with Crippen LogP contribution in [0.15, 0.2) is 36.4 Å². The van der Waals surface area contributed by atoms with Crippen molar-refractivity contribution in [3.8, 4) is 5.75 Å². The number of anilines is 2. The number of amides is 4. The average Bonchev–Trinajstić information content (AvgIpc) is 3.36. The van der Waals surface area contributed by atoms with Crippen molar-refractivity contribution in [3.05, 3.63) is 75.9 Å². The third-order valence-electron chi connectivity index (χ3n) is 6.51. The molecule has 0 saturated carbocycles. The summed E-state index contributed by atoms with van der Waals surface area (Å²) in [5.41, 5.74) is 5.12. The molecule has 4 rings (SSSR count). The molecule has 0 fully saturated rings. The zero-order chi connectivity index (χ0) is 29.0. The number of urea groups is 1. The van der Waals surface area contributed by atoms with Gasteiger partial charge in [-0.2, -0.15) is 0 Å². The number of aryl methyl sites for hydroxylation is 1. The Morgan fingerprint density at radius 2 is 1.88 bits per heavy atom. The van der Waals surface area contributed by atoms with Gasteiger partial charge in [0, 0.05) is 35.1 Å². The zero-order valence-corrected chi connectivity index (χ0v) is 22.5. The number of nitrogens with one attached hydrogen (secondary N) is 4. The lowest BCUT2D eigenvalue weighted by Crippen LogP contribution is -2.34. The summed E-state index contributed by atoms with van der Waals surface area (Å²) in [7, 11) is 1.37. The highest BCUT2D eigenvalue weighted by Gasteiger charge is 2.26. The van der Waals surface area contributed by atoms with Crippen LogP contribution in [0.1, 0.15) is 51.8 Å². The molecule has 4 N–H and O–H groups in total. The lowest BCUT2D eigenvalue weighted by Gasteiger charge is -2.09. The summed E-state index contributed by atoms with van der Waals surface area (Å²) >= 11 is 0. The van der Waals surface area contributed by atoms with Gasteiger partial charge >= 0.3 is 12.0 Å². The quantitative estimate of drug-likeness (QED) is 0.237. The predicted octanol–water partition coefficient (Wildman–Crippen LogP) is 4.73. The molecule has 3 aromatic rings. The van der Waals surface area contributed by atoms with Crippen molar-refractivity contribution in [2.45, 2.75) is 33.6 Å². The van der Waals surface area contributed by atoms with Gasteiger partial charge in [-0.3, -0.25) is 19.7 Å². The minimum atomic E-state index is -0.921. The van der Waals surface area contributed by atoms with E-state index in [9.17, 15) is 23.6 Å². The third kappa shape index (κ3) is 6.04. The number of benzene rings is 2. The summed E-state index contributed by atoms with van der Waals surface area (Å²) in [5, 5.41) is 7.37. The van der Waals surface area contributed by atoms with E-state index in [4.69, 9.17) is 9.47 Å². The van der Waals surface area contributed by atoms with Crippen molar-refractivity contribution < 1.29 is 33.0 Å². The number of H-pyrrole nitrogens is 1. The van der Waals surface area contributed by atoms with E-state index >= 15 is 0 Å². The lowest BCUT2D eigenvalue weighted by molar-refractivity contribution is -0.143. The summed E-state index contributed by atoms with van der Waals surface area (Å²) in [6, 6.07) is 7.62. The molecule has 0 bridgehead atoms. The number of esters is 1. The van der Waals surface area contributed by atoms with Gasteiger partial charge in [0.25, 0.3) is 11.8 Å². The summed E-state index contributed by atoms with van der Waals surface area (Å²) in [5.74, 6) is -2.09. The maximum absolute atomic E-state index is 14.2. The second-order valence-corrected chi connectivity index (χ2v) is 9.10. The lowest BCUT2D eigenvalue weighted by atomic mass is 10.0. The van der Waals surface area contributed by atoms with Crippen LogP contribution >= 0.6 is 0 Å². The number of ether oxygens (including phenoxy) is 2. The molecule has 1 aliphatic rings. The first-order valence-corrected chi connectivity index (χ1v) is 12.6. The van der Waals surface area contributed by atoms with Crippen LogP contribution in [0.4, 0.5) is 20.6 Å². The third-order valence-corrected chi connectivity index (χ3v) is 6.51. The van der Waals surface area contributed by atoms with Gasteiger partial charge in [-0.25, -0.2) is 9.18 Å². The highest BCUT2D eigenvalue weighted by molar-refractivity contribution is 6.35. The minimum Gasteiger partial charge on any atom is -0.497 e. The van der Waals surface area contributed by atoms with Crippen molar-refractivity contribution in [1.29, 1.82) is 0 Å². The highest BCUT2D eigenvalue weighted by Crippen LogP contribution is 2.36. The Balaban J connectivity index is 1.47. The van der Waals surface area contributed by atoms with E-state index in [1.165, 1.54) is 19.2 Å². The van der Waals surface area contributed by atoms with E-state index in [-0.39, 0.29) is 29.6 Å². The van der Waals surface area contributed by atoms with E-state index in [2.05, 4.69) is 20.9 Å². The van der Waals surface area contributed by atoms with Gasteiger partial charge in [0.15, 0.2) is 0 Å². The Morgan fingerprint density at radius 1 is 1.10 bits per heavy atom. The van der Waals surface area contributed by atoms with E-state index in [1.54, 1.807) is 31.2 Å². The molecule has 10 nitrogen and oxygen atoms in total. The van der Waals surface area contributed by atoms with Crippen LogP contribution in [-0.2, 0) is 20.7 Å². The molecule has 2 heterocycles. The summed E-state index contributed by atoms with van der Waals surface area (Å²) < 4.78 is 24.1. The molecule has 0 atom stereocenters. The first kappa shape index (κ1) is 28.1. The normalized spacial score (nSPS) is 13.0. The van der Waals surface area contributed by atoms with Crippen LogP contribution in [0.2, 0.25) is 0 Å². The number of hydrogen-bond donors (Lipinski definition) is 4. The number of hydrogen-bond acceptors (Lipinski definition) is 6. The zero-order valence-electron chi connectivity index (χ0n) is 22.5. The van der Waals surface area contributed by atoms with E-state index in [1.807, 2.05) is 13.8 Å². The molecule has 0 spiro atoms. The van der Waals surface area contributed by atoms with E-state index in [0.29, 0.717) is 35.5 Å². The molecule has 11 heteroatoms. The summed E-state index contributed by atoms with van der Waals surface area (Å²) in [4.78, 5) is 52.6. The van der Waals surface area contributed by atoms with Crippen LogP contribution in [0, 0.1) is 19.7 Å². The molecule has 4 amide bonds. The Morgan fingerprint density at radius 3 is 2.58 bits per heavy atom. The monoisotopic (exact) mass is 548 g/mol. The number of fused-ring (bicyclic) bond motifs is 1. The van der Waals surface area contributed by atoms with Crippen LogP contribution in [-0.4, -0.2) is 42.5 Å². The van der Waals surface area contributed by atoms with Crippen molar-refractivity contribution in [2.75, 3.05) is 24.4 Å². The highest BCUT2D eigenvalue weighted by atomic mass is 19.1. The minimum absolute atomic E-state index is 0.239. The van der Waals surface area contributed by atoms with Gasteiger partial charge in [-0.1, -0.05) is 6.07 Å². The maximum atomic E-state index is 14.2. The SMILES string of the molecule is CCOC(=O)CCc1c(C)[nH]c(C=C2C(=O)Nc3cc(NC(=O)NC(=O)c4ccc(OC)cc4F)ccc32)c1C. The standard InChI is InChI=1S/C29H29FN4O6/c1-5-40-26(35)11-10-19-15(2)24(31-16(19)3)14-22-20-8-6-17(12-25(20)33-28(22)37)32-29(38)34-27(36)21-9-7-18(39-4)13-23(21)30/h6-9,12-14,31H,5,10-11H2,1-4H3,(H,33,37)(H2,32,34,36,38). The number of halogens is 1.